The van der Waals surface area contributed by atoms with Crippen LogP contribution in [0.4, 0.5) is 13.2 Å². The fraction of sp³-hybridized carbons (Fsp3) is 0.545. The first-order valence-corrected chi connectivity index (χ1v) is 5.17. The van der Waals surface area contributed by atoms with Crippen molar-refractivity contribution in [3.8, 4) is 0 Å². The van der Waals surface area contributed by atoms with Gasteiger partial charge in [0.25, 0.3) is 0 Å². The largest absolute Gasteiger partial charge is 0.407 e. The van der Waals surface area contributed by atoms with Crippen LogP contribution in [-0.4, -0.2) is 17.7 Å². The van der Waals surface area contributed by atoms with E-state index in [1.165, 1.54) is 12.4 Å². The van der Waals surface area contributed by atoms with Crippen molar-refractivity contribution in [1.82, 2.24) is 10.3 Å². The van der Waals surface area contributed by atoms with Gasteiger partial charge in [0, 0.05) is 12.4 Å². The Morgan fingerprint density at radius 1 is 1.44 bits per heavy atom. The summed E-state index contributed by atoms with van der Waals surface area (Å²) in [5.41, 5.74) is 0.796. The van der Waals surface area contributed by atoms with E-state index >= 15 is 0 Å². The fourth-order valence-corrected chi connectivity index (χ4v) is 1.47. The molecule has 0 radical (unpaired) electrons. The van der Waals surface area contributed by atoms with Crippen LogP contribution in [0.15, 0.2) is 18.5 Å². The van der Waals surface area contributed by atoms with E-state index in [-0.39, 0.29) is 5.56 Å². The Hall–Kier alpha value is -1.10. The standard InChI is InChI=1S/C11H15F3N2/c1-3-5-16-10(11(12,13)14)9-7-15-6-4-8(9)2/h4,6-7,10,16H,3,5H2,1-2H3. The maximum atomic E-state index is 12.8. The molecule has 16 heavy (non-hydrogen) atoms. The van der Waals surface area contributed by atoms with Gasteiger partial charge in [-0.15, -0.1) is 0 Å². The first kappa shape index (κ1) is 13.0. The number of hydrogen-bond donors (Lipinski definition) is 1. The van der Waals surface area contributed by atoms with E-state index in [0.29, 0.717) is 18.5 Å². The SMILES string of the molecule is CCCNC(c1cnccc1C)C(F)(F)F. The van der Waals surface area contributed by atoms with E-state index in [1.54, 1.807) is 13.0 Å². The molecule has 0 aromatic carbocycles. The summed E-state index contributed by atoms with van der Waals surface area (Å²) in [5, 5.41) is 2.50. The van der Waals surface area contributed by atoms with Crippen LogP contribution in [0.1, 0.15) is 30.5 Å². The van der Waals surface area contributed by atoms with E-state index in [0.717, 1.165) is 0 Å². The normalized spacial score (nSPS) is 13.8. The fourth-order valence-electron chi connectivity index (χ4n) is 1.47. The van der Waals surface area contributed by atoms with Gasteiger partial charge in [-0.3, -0.25) is 4.98 Å². The number of pyridine rings is 1. The highest BCUT2D eigenvalue weighted by Crippen LogP contribution is 2.33. The summed E-state index contributed by atoms with van der Waals surface area (Å²) in [7, 11) is 0. The highest BCUT2D eigenvalue weighted by Gasteiger charge is 2.41. The summed E-state index contributed by atoms with van der Waals surface area (Å²) in [6, 6.07) is -0.0389. The van der Waals surface area contributed by atoms with Gasteiger partial charge in [-0.05, 0) is 37.1 Å². The molecule has 0 saturated heterocycles. The van der Waals surface area contributed by atoms with Crippen molar-refractivity contribution in [2.75, 3.05) is 6.54 Å². The minimum absolute atomic E-state index is 0.198. The van der Waals surface area contributed by atoms with Crippen molar-refractivity contribution < 1.29 is 13.2 Å². The molecule has 0 aliphatic heterocycles. The van der Waals surface area contributed by atoms with Gasteiger partial charge in [0.2, 0.25) is 0 Å². The van der Waals surface area contributed by atoms with Gasteiger partial charge in [-0.1, -0.05) is 6.92 Å². The van der Waals surface area contributed by atoms with Gasteiger partial charge < -0.3 is 5.32 Å². The third-order valence-corrected chi connectivity index (χ3v) is 2.32. The molecular weight excluding hydrogens is 217 g/mol. The zero-order valence-corrected chi connectivity index (χ0v) is 9.30. The Kier molecular flexibility index (Phi) is 4.29. The van der Waals surface area contributed by atoms with Gasteiger partial charge in [0.15, 0.2) is 0 Å². The van der Waals surface area contributed by atoms with E-state index < -0.39 is 12.2 Å². The van der Waals surface area contributed by atoms with E-state index in [2.05, 4.69) is 10.3 Å². The highest BCUT2D eigenvalue weighted by molar-refractivity contribution is 5.26. The first-order valence-electron chi connectivity index (χ1n) is 5.17. The zero-order chi connectivity index (χ0) is 12.2. The highest BCUT2D eigenvalue weighted by atomic mass is 19.4. The van der Waals surface area contributed by atoms with Crippen molar-refractivity contribution in [3.63, 3.8) is 0 Å². The maximum absolute atomic E-state index is 12.8. The van der Waals surface area contributed by atoms with E-state index in [9.17, 15) is 13.2 Å². The summed E-state index contributed by atoms with van der Waals surface area (Å²) in [4.78, 5) is 3.75. The quantitative estimate of drug-likeness (QED) is 0.863. The summed E-state index contributed by atoms with van der Waals surface area (Å²) >= 11 is 0. The van der Waals surface area contributed by atoms with Gasteiger partial charge in [-0.25, -0.2) is 0 Å². The smallest absolute Gasteiger partial charge is 0.302 e. The van der Waals surface area contributed by atoms with Crippen LogP contribution < -0.4 is 5.32 Å². The lowest BCUT2D eigenvalue weighted by atomic mass is 10.0. The van der Waals surface area contributed by atoms with Crippen LogP contribution in [0.3, 0.4) is 0 Å². The number of aryl methyl sites for hydroxylation is 1. The molecule has 0 aliphatic carbocycles. The van der Waals surface area contributed by atoms with Gasteiger partial charge >= 0.3 is 6.18 Å². The predicted molar refractivity (Wildman–Crippen MR) is 56.1 cm³/mol. The summed E-state index contributed by atoms with van der Waals surface area (Å²) < 4.78 is 38.5. The predicted octanol–water partition coefficient (Wildman–Crippen LogP) is 2.99. The molecule has 1 unspecified atom stereocenters. The number of alkyl halides is 3. The van der Waals surface area contributed by atoms with Gasteiger partial charge in [-0.2, -0.15) is 13.2 Å². The van der Waals surface area contributed by atoms with Gasteiger partial charge in [0.1, 0.15) is 6.04 Å². The second-order valence-corrected chi connectivity index (χ2v) is 3.66. The Bertz CT molecular complexity index is 336. The molecule has 2 nitrogen and oxygen atoms in total. The molecule has 1 atom stereocenters. The van der Waals surface area contributed by atoms with E-state index in [4.69, 9.17) is 0 Å². The molecule has 5 heteroatoms. The lowest BCUT2D eigenvalue weighted by molar-refractivity contribution is -0.157. The molecule has 0 spiro atoms. The van der Waals surface area contributed by atoms with Crippen molar-refractivity contribution in [1.29, 1.82) is 0 Å². The minimum Gasteiger partial charge on any atom is -0.302 e. The Balaban J connectivity index is 2.97. The molecule has 0 saturated carbocycles. The second-order valence-electron chi connectivity index (χ2n) is 3.66. The number of nitrogens with zero attached hydrogens (tertiary/aromatic N) is 1. The van der Waals surface area contributed by atoms with Crippen LogP contribution in [-0.2, 0) is 0 Å². The number of hydrogen-bond acceptors (Lipinski definition) is 2. The second kappa shape index (κ2) is 5.30. The van der Waals surface area contributed by atoms with Crippen molar-refractivity contribution in [2.45, 2.75) is 32.5 Å². The molecule has 1 rings (SSSR count). The molecule has 1 heterocycles. The van der Waals surface area contributed by atoms with E-state index in [1.807, 2.05) is 6.92 Å². The Morgan fingerprint density at radius 3 is 2.62 bits per heavy atom. The summed E-state index contributed by atoms with van der Waals surface area (Å²) in [5.74, 6) is 0. The number of nitrogens with one attached hydrogen (secondary N) is 1. The summed E-state index contributed by atoms with van der Waals surface area (Å²) in [6.45, 7) is 3.82. The monoisotopic (exact) mass is 232 g/mol. The zero-order valence-electron chi connectivity index (χ0n) is 9.30. The maximum Gasteiger partial charge on any atom is 0.407 e. The van der Waals surface area contributed by atoms with Crippen LogP contribution in [0.25, 0.3) is 0 Å². The number of rotatable bonds is 4. The van der Waals surface area contributed by atoms with Crippen molar-refractivity contribution in [3.05, 3.63) is 29.6 Å². The Labute approximate surface area is 92.9 Å². The van der Waals surface area contributed by atoms with Crippen molar-refractivity contribution in [2.24, 2.45) is 0 Å². The van der Waals surface area contributed by atoms with Crippen LogP contribution in [0.2, 0.25) is 0 Å². The third-order valence-electron chi connectivity index (χ3n) is 2.32. The molecule has 1 aromatic heterocycles. The topological polar surface area (TPSA) is 24.9 Å². The lowest BCUT2D eigenvalue weighted by Crippen LogP contribution is -2.35. The lowest BCUT2D eigenvalue weighted by Gasteiger charge is -2.22. The third kappa shape index (κ3) is 3.20. The van der Waals surface area contributed by atoms with Crippen LogP contribution in [0, 0.1) is 6.92 Å². The molecule has 0 aliphatic rings. The molecule has 0 fully saturated rings. The average molecular weight is 232 g/mol. The first-order chi connectivity index (χ1) is 7.46. The van der Waals surface area contributed by atoms with Crippen LogP contribution in [0.5, 0.6) is 0 Å². The molecule has 1 aromatic rings. The molecule has 90 valence electrons. The molecule has 0 amide bonds. The van der Waals surface area contributed by atoms with Crippen molar-refractivity contribution >= 4 is 0 Å². The molecule has 0 bridgehead atoms. The molecular formula is C11H15F3N2. The average Bonchev–Trinajstić information content (AvgIpc) is 2.19. The Morgan fingerprint density at radius 2 is 2.12 bits per heavy atom. The molecule has 1 N–H and O–H groups in total. The van der Waals surface area contributed by atoms with Crippen LogP contribution >= 0.6 is 0 Å². The minimum atomic E-state index is -4.29. The number of halogens is 3. The summed E-state index contributed by atoms with van der Waals surface area (Å²) in [6.07, 6.45) is -0.864. The van der Waals surface area contributed by atoms with Gasteiger partial charge in [0.05, 0.1) is 0 Å². The number of aromatic nitrogens is 1.